The van der Waals surface area contributed by atoms with Crippen LogP contribution in [0.25, 0.3) is 0 Å². The van der Waals surface area contributed by atoms with Gasteiger partial charge in [0.15, 0.2) is 0 Å². The van der Waals surface area contributed by atoms with Crippen LogP contribution in [-0.2, 0) is 0 Å². The first-order chi connectivity index (χ1) is 11.6. The van der Waals surface area contributed by atoms with E-state index >= 15 is 0 Å². The smallest absolute Gasteiger partial charge is 0.257 e. The summed E-state index contributed by atoms with van der Waals surface area (Å²) >= 11 is 12.3. The maximum absolute atomic E-state index is 12.7. The van der Waals surface area contributed by atoms with Gasteiger partial charge in [-0.2, -0.15) is 5.26 Å². The van der Waals surface area contributed by atoms with Gasteiger partial charge in [0.2, 0.25) is 0 Å². The van der Waals surface area contributed by atoms with Crippen molar-refractivity contribution in [2.24, 2.45) is 0 Å². The van der Waals surface area contributed by atoms with Crippen LogP contribution in [0.4, 0.5) is 5.69 Å². The third-order valence-electron chi connectivity index (χ3n) is 4.11. The zero-order chi connectivity index (χ0) is 17.1. The summed E-state index contributed by atoms with van der Waals surface area (Å²) < 4.78 is 0. The molecular formula is C18H15Cl2N3O. The summed E-state index contributed by atoms with van der Waals surface area (Å²) in [7, 11) is 0. The van der Waals surface area contributed by atoms with Crippen molar-refractivity contribution in [1.29, 1.82) is 5.26 Å². The highest BCUT2D eigenvalue weighted by atomic mass is 35.5. The van der Waals surface area contributed by atoms with E-state index in [0.717, 1.165) is 5.69 Å². The highest BCUT2D eigenvalue weighted by molar-refractivity contribution is 6.39. The molecule has 0 unspecified atom stereocenters. The number of carbonyl (C=O) groups excluding carboxylic acids is 1. The lowest BCUT2D eigenvalue weighted by atomic mass is 10.1. The highest BCUT2D eigenvalue weighted by Crippen LogP contribution is 2.27. The van der Waals surface area contributed by atoms with Gasteiger partial charge in [-0.25, -0.2) is 0 Å². The summed E-state index contributed by atoms with van der Waals surface area (Å²) in [6.07, 6.45) is 0. The second-order valence-electron chi connectivity index (χ2n) is 5.50. The van der Waals surface area contributed by atoms with Crippen molar-refractivity contribution >= 4 is 34.8 Å². The van der Waals surface area contributed by atoms with Gasteiger partial charge < -0.3 is 9.80 Å². The first-order valence-electron chi connectivity index (χ1n) is 7.59. The summed E-state index contributed by atoms with van der Waals surface area (Å²) in [5, 5.41) is 9.96. The third kappa shape index (κ3) is 3.19. The molecule has 1 fully saturated rings. The number of piperazine rings is 1. The zero-order valence-electron chi connectivity index (χ0n) is 12.9. The molecule has 0 N–H and O–H groups in total. The van der Waals surface area contributed by atoms with Crippen LogP contribution >= 0.6 is 23.2 Å². The van der Waals surface area contributed by atoms with Crippen molar-refractivity contribution in [1.82, 2.24) is 4.90 Å². The molecule has 0 atom stereocenters. The molecule has 1 aliphatic heterocycles. The molecule has 0 saturated carbocycles. The number of carbonyl (C=O) groups is 1. The molecule has 0 radical (unpaired) electrons. The predicted octanol–water partition coefficient (Wildman–Crippen LogP) is 3.83. The lowest BCUT2D eigenvalue weighted by molar-refractivity contribution is 0.0747. The fourth-order valence-corrected chi connectivity index (χ4v) is 3.41. The Morgan fingerprint density at radius 3 is 2.21 bits per heavy atom. The fraction of sp³-hybridized carbons (Fsp3) is 0.222. The Balaban J connectivity index is 1.74. The number of anilines is 1. The number of amides is 1. The molecule has 6 heteroatoms. The maximum Gasteiger partial charge on any atom is 0.257 e. The molecule has 2 aromatic carbocycles. The quantitative estimate of drug-likeness (QED) is 0.818. The number of rotatable bonds is 2. The zero-order valence-corrected chi connectivity index (χ0v) is 14.4. The maximum atomic E-state index is 12.7. The van der Waals surface area contributed by atoms with E-state index in [0.29, 0.717) is 47.4 Å². The van der Waals surface area contributed by atoms with Gasteiger partial charge in [0.05, 0.1) is 26.9 Å². The van der Waals surface area contributed by atoms with Gasteiger partial charge in [-0.05, 0) is 24.3 Å². The minimum Gasteiger partial charge on any atom is -0.367 e. The van der Waals surface area contributed by atoms with Crippen molar-refractivity contribution < 1.29 is 4.79 Å². The Morgan fingerprint density at radius 1 is 0.958 bits per heavy atom. The van der Waals surface area contributed by atoms with Crippen LogP contribution in [0.2, 0.25) is 10.0 Å². The van der Waals surface area contributed by atoms with E-state index < -0.39 is 0 Å². The Bertz CT molecular complexity index is 788. The SMILES string of the molecule is N#Cc1ccccc1N1CCN(C(=O)c2c(Cl)cccc2Cl)CC1. The van der Waals surface area contributed by atoms with E-state index in [9.17, 15) is 10.1 Å². The van der Waals surface area contributed by atoms with Crippen molar-refractivity contribution in [3.8, 4) is 6.07 Å². The van der Waals surface area contributed by atoms with Gasteiger partial charge in [0.25, 0.3) is 5.91 Å². The van der Waals surface area contributed by atoms with Gasteiger partial charge in [0.1, 0.15) is 6.07 Å². The van der Waals surface area contributed by atoms with Gasteiger partial charge in [-0.3, -0.25) is 4.79 Å². The molecule has 3 rings (SSSR count). The first-order valence-corrected chi connectivity index (χ1v) is 8.35. The second-order valence-corrected chi connectivity index (χ2v) is 6.32. The number of hydrogen-bond donors (Lipinski definition) is 0. The van der Waals surface area contributed by atoms with Crippen LogP contribution in [0.5, 0.6) is 0 Å². The second kappa shape index (κ2) is 7.12. The van der Waals surface area contributed by atoms with Crippen molar-refractivity contribution in [3.05, 3.63) is 63.6 Å². The van der Waals surface area contributed by atoms with E-state index in [1.54, 1.807) is 29.2 Å². The molecule has 0 aliphatic carbocycles. The van der Waals surface area contributed by atoms with Crippen molar-refractivity contribution in [3.63, 3.8) is 0 Å². The molecule has 0 spiro atoms. The van der Waals surface area contributed by atoms with Crippen LogP contribution in [0, 0.1) is 11.3 Å². The molecule has 4 nitrogen and oxygen atoms in total. The van der Waals surface area contributed by atoms with E-state index in [4.69, 9.17) is 23.2 Å². The first kappa shape index (κ1) is 16.6. The number of hydrogen-bond acceptors (Lipinski definition) is 3. The normalized spacial score (nSPS) is 14.4. The summed E-state index contributed by atoms with van der Waals surface area (Å²) in [5.74, 6) is -0.154. The highest BCUT2D eigenvalue weighted by Gasteiger charge is 2.26. The summed E-state index contributed by atoms with van der Waals surface area (Å²) in [5.41, 5.74) is 1.90. The van der Waals surface area contributed by atoms with Crippen LogP contribution in [-0.4, -0.2) is 37.0 Å². The minimum atomic E-state index is -0.154. The molecule has 122 valence electrons. The standard InChI is InChI=1S/C18H15Cl2N3O/c19-14-5-3-6-15(20)17(14)18(24)23-10-8-22(9-11-23)16-7-2-1-4-13(16)12-21/h1-7H,8-11H2. The van der Waals surface area contributed by atoms with Crippen LogP contribution < -0.4 is 4.90 Å². The van der Waals surface area contributed by atoms with E-state index in [1.165, 1.54) is 0 Å². The number of nitriles is 1. The average Bonchev–Trinajstić information content (AvgIpc) is 2.61. The molecule has 1 amide bonds. The molecule has 1 saturated heterocycles. The molecule has 1 aliphatic rings. The largest absolute Gasteiger partial charge is 0.367 e. The molecule has 0 aromatic heterocycles. The fourth-order valence-electron chi connectivity index (χ4n) is 2.85. The Labute approximate surface area is 150 Å². The molecule has 2 aromatic rings. The number of nitrogens with zero attached hydrogens (tertiary/aromatic N) is 3. The number of benzene rings is 2. The minimum absolute atomic E-state index is 0.154. The molecular weight excluding hydrogens is 345 g/mol. The van der Waals surface area contributed by atoms with E-state index in [2.05, 4.69) is 11.0 Å². The Morgan fingerprint density at radius 2 is 1.58 bits per heavy atom. The topological polar surface area (TPSA) is 47.3 Å². The van der Waals surface area contributed by atoms with Crippen molar-refractivity contribution in [2.75, 3.05) is 31.1 Å². The Hall–Kier alpha value is -2.22. The summed E-state index contributed by atoms with van der Waals surface area (Å²) in [6.45, 7) is 2.43. The lowest BCUT2D eigenvalue weighted by Gasteiger charge is -2.36. The summed E-state index contributed by atoms with van der Waals surface area (Å²) in [6, 6.07) is 14.8. The van der Waals surface area contributed by atoms with E-state index in [1.807, 2.05) is 18.2 Å². The summed E-state index contributed by atoms with van der Waals surface area (Å²) in [4.78, 5) is 16.6. The third-order valence-corrected chi connectivity index (χ3v) is 4.74. The lowest BCUT2D eigenvalue weighted by Crippen LogP contribution is -2.49. The number of halogens is 2. The Kier molecular flexibility index (Phi) is 4.94. The average molecular weight is 360 g/mol. The van der Waals surface area contributed by atoms with Crippen LogP contribution in [0.15, 0.2) is 42.5 Å². The van der Waals surface area contributed by atoms with E-state index in [-0.39, 0.29) is 5.91 Å². The predicted molar refractivity (Wildman–Crippen MR) is 95.7 cm³/mol. The van der Waals surface area contributed by atoms with Gasteiger partial charge in [-0.1, -0.05) is 41.4 Å². The number of para-hydroxylation sites is 1. The van der Waals surface area contributed by atoms with Crippen LogP contribution in [0.3, 0.4) is 0 Å². The van der Waals surface area contributed by atoms with Crippen molar-refractivity contribution in [2.45, 2.75) is 0 Å². The molecule has 0 bridgehead atoms. The van der Waals surface area contributed by atoms with Gasteiger partial charge in [0, 0.05) is 26.2 Å². The monoisotopic (exact) mass is 359 g/mol. The van der Waals surface area contributed by atoms with Gasteiger partial charge in [-0.15, -0.1) is 0 Å². The van der Waals surface area contributed by atoms with Gasteiger partial charge >= 0.3 is 0 Å². The molecule has 1 heterocycles. The van der Waals surface area contributed by atoms with Crippen LogP contribution in [0.1, 0.15) is 15.9 Å². The molecule has 24 heavy (non-hydrogen) atoms.